The molecule has 0 fully saturated rings. The molecule has 0 saturated carbocycles. The number of fused-ring (bicyclic) bond motifs is 1. The number of aliphatic hydroxyl groups is 2. The topological polar surface area (TPSA) is 53.6 Å². The van der Waals surface area contributed by atoms with Crippen molar-refractivity contribution in [2.75, 3.05) is 0 Å². The molecule has 0 radical (unpaired) electrons. The monoisotopic (exact) mass is 248 g/mol. The second kappa shape index (κ2) is 4.75. The quantitative estimate of drug-likeness (QED) is 0.872. The van der Waals surface area contributed by atoms with Crippen molar-refractivity contribution in [2.24, 2.45) is 0 Å². The Kier molecular flexibility index (Phi) is 3.46. The lowest BCUT2D eigenvalue weighted by Crippen LogP contribution is -2.34. The first-order chi connectivity index (χ1) is 8.51. The molecule has 2 aromatic rings. The molecule has 1 aromatic carbocycles. The molecule has 0 saturated heterocycles. The summed E-state index contributed by atoms with van der Waals surface area (Å²) in [5, 5.41) is 21.6. The van der Waals surface area contributed by atoms with E-state index in [4.69, 9.17) is 4.42 Å². The molecule has 98 valence electrons. The van der Waals surface area contributed by atoms with Crippen molar-refractivity contribution in [2.45, 2.75) is 45.3 Å². The molecule has 0 amide bonds. The minimum Gasteiger partial charge on any atom is -0.458 e. The average molecular weight is 248 g/mol. The van der Waals surface area contributed by atoms with Gasteiger partial charge < -0.3 is 14.6 Å². The summed E-state index contributed by atoms with van der Waals surface area (Å²) in [7, 11) is 0. The first kappa shape index (κ1) is 13.1. The van der Waals surface area contributed by atoms with Gasteiger partial charge in [0.05, 0.1) is 5.60 Å². The largest absolute Gasteiger partial charge is 0.458 e. The molecule has 2 N–H and O–H groups in total. The van der Waals surface area contributed by atoms with Crippen LogP contribution in [0.1, 0.15) is 44.1 Å². The van der Waals surface area contributed by atoms with Crippen LogP contribution in [0.2, 0.25) is 0 Å². The second-order valence-corrected chi connectivity index (χ2v) is 4.86. The van der Waals surface area contributed by atoms with Gasteiger partial charge in [-0.1, -0.05) is 32.0 Å². The lowest BCUT2D eigenvalue weighted by Gasteiger charge is -2.29. The molecule has 2 rings (SSSR count). The number of furan rings is 1. The van der Waals surface area contributed by atoms with E-state index in [9.17, 15) is 10.2 Å². The fourth-order valence-electron chi connectivity index (χ4n) is 2.27. The van der Waals surface area contributed by atoms with Crippen LogP contribution in [0.5, 0.6) is 0 Å². The third kappa shape index (κ3) is 2.04. The fraction of sp³-hybridized carbons (Fsp3) is 0.467. The first-order valence-corrected chi connectivity index (χ1v) is 6.41. The van der Waals surface area contributed by atoms with Crippen LogP contribution >= 0.6 is 0 Å². The van der Waals surface area contributed by atoms with Gasteiger partial charge in [0.2, 0.25) is 0 Å². The molecule has 3 nitrogen and oxygen atoms in total. The van der Waals surface area contributed by atoms with Crippen molar-refractivity contribution >= 4 is 11.0 Å². The van der Waals surface area contributed by atoms with E-state index in [1.54, 1.807) is 0 Å². The van der Waals surface area contributed by atoms with Crippen LogP contribution in [-0.2, 0) is 0 Å². The van der Waals surface area contributed by atoms with Crippen molar-refractivity contribution in [1.82, 2.24) is 0 Å². The van der Waals surface area contributed by atoms with E-state index in [-0.39, 0.29) is 0 Å². The predicted molar refractivity (Wildman–Crippen MR) is 71.4 cm³/mol. The van der Waals surface area contributed by atoms with Gasteiger partial charge in [0.1, 0.15) is 17.4 Å². The summed E-state index contributed by atoms with van der Waals surface area (Å²) in [6.45, 7) is 5.69. The minimum atomic E-state index is -1.12. The zero-order chi connectivity index (χ0) is 13.3. The van der Waals surface area contributed by atoms with Gasteiger partial charge in [0, 0.05) is 5.39 Å². The van der Waals surface area contributed by atoms with Crippen LogP contribution < -0.4 is 0 Å². The highest BCUT2D eigenvalue weighted by molar-refractivity contribution is 5.81. The van der Waals surface area contributed by atoms with Gasteiger partial charge in [-0.05, 0) is 31.4 Å². The maximum atomic E-state index is 10.3. The summed E-state index contributed by atoms with van der Waals surface area (Å²) < 4.78 is 5.70. The molecule has 1 atom stereocenters. The maximum Gasteiger partial charge on any atom is 0.140 e. The van der Waals surface area contributed by atoms with E-state index in [0.717, 1.165) is 16.5 Å². The number of para-hydroxylation sites is 1. The SMILES string of the molecule is CCC(O)(CC)C(O)c1cc2cccc(C)c2o1. The lowest BCUT2D eigenvalue weighted by molar-refractivity contribution is -0.0899. The molecular formula is C15H20O3. The summed E-state index contributed by atoms with van der Waals surface area (Å²) in [4.78, 5) is 0. The van der Waals surface area contributed by atoms with E-state index in [0.29, 0.717) is 18.6 Å². The summed E-state index contributed by atoms with van der Waals surface area (Å²) in [5.41, 5.74) is 0.686. The predicted octanol–water partition coefficient (Wildman–Crippen LogP) is 3.33. The van der Waals surface area contributed by atoms with E-state index in [1.807, 2.05) is 45.0 Å². The Balaban J connectivity index is 2.45. The number of rotatable bonds is 4. The maximum absolute atomic E-state index is 10.3. The highest BCUT2D eigenvalue weighted by Gasteiger charge is 2.35. The summed E-state index contributed by atoms with van der Waals surface area (Å²) in [6, 6.07) is 7.67. The van der Waals surface area contributed by atoms with Crippen LogP contribution in [0.25, 0.3) is 11.0 Å². The van der Waals surface area contributed by atoms with Gasteiger partial charge in [-0.2, -0.15) is 0 Å². The van der Waals surface area contributed by atoms with Gasteiger partial charge in [0.25, 0.3) is 0 Å². The smallest absolute Gasteiger partial charge is 0.140 e. The molecule has 0 bridgehead atoms. The van der Waals surface area contributed by atoms with Gasteiger partial charge in [-0.3, -0.25) is 0 Å². The Hall–Kier alpha value is -1.32. The van der Waals surface area contributed by atoms with Gasteiger partial charge >= 0.3 is 0 Å². The normalized spacial score (nSPS) is 14.1. The number of hydrogen-bond acceptors (Lipinski definition) is 3. The molecule has 0 spiro atoms. The molecular weight excluding hydrogens is 228 g/mol. The second-order valence-electron chi connectivity index (χ2n) is 4.86. The Morgan fingerprint density at radius 1 is 1.28 bits per heavy atom. The number of hydrogen-bond donors (Lipinski definition) is 2. The van der Waals surface area contributed by atoms with Crippen molar-refractivity contribution in [3.8, 4) is 0 Å². The molecule has 0 aliphatic carbocycles. The Labute approximate surface area is 107 Å². The number of benzene rings is 1. The molecule has 1 unspecified atom stereocenters. The minimum absolute atomic E-state index is 0.436. The van der Waals surface area contributed by atoms with Crippen molar-refractivity contribution in [1.29, 1.82) is 0 Å². The lowest BCUT2D eigenvalue weighted by atomic mass is 9.89. The van der Waals surface area contributed by atoms with Crippen molar-refractivity contribution in [3.63, 3.8) is 0 Å². The van der Waals surface area contributed by atoms with Crippen molar-refractivity contribution < 1.29 is 14.6 Å². The summed E-state index contributed by atoms with van der Waals surface area (Å²) >= 11 is 0. The molecule has 3 heteroatoms. The number of aliphatic hydroxyl groups excluding tert-OH is 1. The third-order valence-electron chi connectivity index (χ3n) is 3.76. The van der Waals surface area contributed by atoms with Gasteiger partial charge in [-0.25, -0.2) is 0 Å². The van der Waals surface area contributed by atoms with E-state index >= 15 is 0 Å². The standard InChI is InChI=1S/C15H20O3/c1-4-15(17,5-2)14(16)12-9-11-8-6-7-10(3)13(11)18-12/h6-9,14,16-17H,4-5H2,1-3H3. The Morgan fingerprint density at radius 2 is 1.94 bits per heavy atom. The van der Waals surface area contributed by atoms with E-state index in [1.165, 1.54) is 0 Å². The van der Waals surface area contributed by atoms with Gasteiger partial charge in [-0.15, -0.1) is 0 Å². The zero-order valence-corrected chi connectivity index (χ0v) is 11.1. The van der Waals surface area contributed by atoms with E-state index < -0.39 is 11.7 Å². The highest BCUT2D eigenvalue weighted by atomic mass is 16.4. The summed E-state index contributed by atoms with van der Waals surface area (Å²) in [5.74, 6) is 0.436. The molecule has 1 aromatic heterocycles. The average Bonchev–Trinajstić information content (AvgIpc) is 2.82. The Bertz CT molecular complexity index is 538. The van der Waals surface area contributed by atoms with Crippen LogP contribution in [0.3, 0.4) is 0 Å². The molecule has 1 heterocycles. The molecule has 0 aliphatic rings. The fourth-order valence-corrected chi connectivity index (χ4v) is 2.27. The first-order valence-electron chi connectivity index (χ1n) is 6.41. The Morgan fingerprint density at radius 3 is 2.50 bits per heavy atom. The van der Waals surface area contributed by atoms with E-state index in [2.05, 4.69) is 0 Å². The van der Waals surface area contributed by atoms with Crippen molar-refractivity contribution in [3.05, 3.63) is 35.6 Å². The van der Waals surface area contributed by atoms with Crippen LogP contribution in [0.4, 0.5) is 0 Å². The van der Waals surface area contributed by atoms with Crippen LogP contribution in [-0.4, -0.2) is 15.8 Å². The highest BCUT2D eigenvalue weighted by Crippen LogP contribution is 2.35. The van der Waals surface area contributed by atoms with Gasteiger partial charge in [0.15, 0.2) is 0 Å². The van der Waals surface area contributed by atoms with Crippen LogP contribution in [0, 0.1) is 6.92 Å². The van der Waals surface area contributed by atoms with Crippen LogP contribution in [0.15, 0.2) is 28.7 Å². The third-order valence-corrected chi connectivity index (χ3v) is 3.76. The summed E-state index contributed by atoms with van der Waals surface area (Å²) in [6.07, 6.45) is -0.0132. The molecule has 18 heavy (non-hydrogen) atoms. The molecule has 0 aliphatic heterocycles. The zero-order valence-electron chi connectivity index (χ0n) is 11.1. The number of aryl methyl sites for hydroxylation is 1.